The minimum atomic E-state index is -0.460. The smallest absolute Gasteiger partial charge is 0.278 e. The molecule has 1 N–H and O–H groups in total. The predicted octanol–water partition coefficient (Wildman–Crippen LogP) is 3.25. The number of hydrogen-bond acceptors (Lipinski definition) is 5. The minimum absolute atomic E-state index is 0.0318. The molecule has 0 amide bonds. The van der Waals surface area contributed by atoms with Crippen LogP contribution in [0.4, 0.5) is 5.69 Å². The molecule has 0 bridgehead atoms. The van der Waals surface area contributed by atoms with Crippen LogP contribution in [-0.2, 0) is 0 Å². The Labute approximate surface area is 159 Å². The maximum Gasteiger partial charge on any atom is 0.278 e. The summed E-state index contributed by atoms with van der Waals surface area (Å²) in [6, 6.07) is 15.4. The van der Waals surface area contributed by atoms with Crippen LogP contribution < -0.4 is 5.56 Å². The number of aryl methyl sites for hydroxylation is 1. The van der Waals surface area contributed by atoms with Crippen LogP contribution in [0.25, 0.3) is 11.8 Å². The average Bonchev–Trinajstić information content (AvgIpc) is 3.29. The highest BCUT2D eigenvalue weighted by atomic mass is 16.6. The monoisotopic (exact) mass is 373 g/mol. The second-order valence-electron chi connectivity index (χ2n) is 6.23. The number of allylic oxidation sites excluding steroid dienone is 1. The first-order valence-electron chi connectivity index (χ1n) is 8.49. The summed E-state index contributed by atoms with van der Waals surface area (Å²) in [4.78, 5) is 23.5. The molecule has 1 aromatic heterocycles. The van der Waals surface area contributed by atoms with Gasteiger partial charge in [0.1, 0.15) is 5.71 Å². The highest BCUT2D eigenvalue weighted by Gasteiger charge is 2.18. The van der Waals surface area contributed by atoms with Gasteiger partial charge in [-0.05, 0) is 25.1 Å². The number of hydrogen-bond donors (Lipinski definition) is 1. The molecule has 2 aromatic carbocycles. The van der Waals surface area contributed by atoms with Crippen molar-refractivity contribution in [2.24, 2.45) is 10.2 Å². The van der Waals surface area contributed by atoms with Gasteiger partial charge in [0.05, 0.1) is 22.4 Å². The SMILES string of the molecule is Cc1[nH]n(-c2ccccc2)c(=O)c1C=C1C=NN=C1c1cccc([N+](=O)[O-])c1. The van der Waals surface area contributed by atoms with Crippen LogP contribution in [0.2, 0.25) is 0 Å². The van der Waals surface area contributed by atoms with Crippen LogP contribution in [0.3, 0.4) is 0 Å². The number of para-hydroxylation sites is 1. The fraction of sp³-hybridized carbons (Fsp3) is 0.0500. The van der Waals surface area contributed by atoms with Crippen molar-refractivity contribution in [3.05, 3.63) is 97.5 Å². The Hall–Kier alpha value is -4.07. The largest absolute Gasteiger partial charge is 0.295 e. The molecule has 0 radical (unpaired) electrons. The number of aromatic nitrogens is 2. The lowest BCUT2D eigenvalue weighted by Gasteiger charge is -2.02. The van der Waals surface area contributed by atoms with Gasteiger partial charge in [0.15, 0.2) is 0 Å². The van der Waals surface area contributed by atoms with Gasteiger partial charge in [0.2, 0.25) is 0 Å². The van der Waals surface area contributed by atoms with E-state index in [0.29, 0.717) is 28.1 Å². The van der Waals surface area contributed by atoms with Crippen LogP contribution in [0, 0.1) is 17.0 Å². The van der Waals surface area contributed by atoms with Crippen LogP contribution >= 0.6 is 0 Å². The van der Waals surface area contributed by atoms with Crippen LogP contribution in [-0.4, -0.2) is 26.6 Å². The number of H-pyrrole nitrogens is 1. The van der Waals surface area contributed by atoms with Crippen LogP contribution in [0.5, 0.6) is 0 Å². The molecule has 3 aromatic rings. The van der Waals surface area contributed by atoms with Crippen molar-refractivity contribution in [2.75, 3.05) is 0 Å². The maximum absolute atomic E-state index is 12.9. The van der Waals surface area contributed by atoms with E-state index in [1.54, 1.807) is 18.2 Å². The van der Waals surface area contributed by atoms with Gasteiger partial charge in [-0.15, -0.1) is 5.10 Å². The number of non-ortho nitro benzene ring substituents is 1. The summed E-state index contributed by atoms with van der Waals surface area (Å²) in [5, 5.41) is 22.1. The molecule has 138 valence electrons. The van der Waals surface area contributed by atoms with Gasteiger partial charge in [-0.25, -0.2) is 4.68 Å². The summed E-state index contributed by atoms with van der Waals surface area (Å²) in [6.07, 6.45) is 3.23. The van der Waals surface area contributed by atoms with Gasteiger partial charge in [-0.3, -0.25) is 20.0 Å². The van der Waals surface area contributed by atoms with E-state index in [4.69, 9.17) is 0 Å². The van der Waals surface area contributed by atoms with Crippen LogP contribution in [0.1, 0.15) is 16.8 Å². The first-order valence-corrected chi connectivity index (χ1v) is 8.49. The molecule has 4 rings (SSSR count). The van der Waals surface area contributed by atoms with E-state index < -0.39 is 4.92 Å². The van der Waals surface area contributed by atoms with E-state index in [9.17, 15) is 14.9 Å². The second-order valence-corrected chi connectivity index (χ2v) is 6.23. The lowest BCUT2D eigenvalue weighted by atomic mass is 10.0. The number of nitro groups is 1. The average molecular weight is 373 g/mol. The third-order valence-electron chi connectivity index (χ3n) is 4.39. The molecular formula is C20H15N5O3. The number of rotatable bonds is 4. The molecule has 8 nitrogen and oxygen atoms in total. The lowest BCUT2D eigenvalue weighted by Crippen LogP contribution is -2.16. The summed E-state index contributed by atoms with van der Waals surface area (Å²) < 4.78 is 1.47. The third-order valence-corrected chi connectivity index (χ3v) is 4.39. The molecule has 1 aliphatic rings. The Balaban J connectivity index is 1.76. The van der Waals surface area contributed by atoms with Crippen molar-refractivity contribution < 1.29 is 4.92 Å². The van der Waals surface area contributed by atoms with E-state index in [-0.39, 0.29) is 11.2 Å². The number of aromatic amines is 1. The molecule has 0 fully saturated rings. The number of nitro benzene ring substituents is 1. The quantitative estimate of drug-likeness (QED) is 0.560. The highest BCUT2D eigenvalue weighted by molar-refractivity contribution is 6.28. The summed E-state index contributed by atoms with van der Waals surface area (Å²) in [7, 11) is 0. The topological polar surface area (TPSA) is 106 Å². The van der Waals surface area contributed by atoms with Crippen molar-refractivity contribution >= 4 is 23.7 Å². The van der Waals surface area contributed by atoms with E-state index in [2.05, 4.69) is 15.3 Å². The molecule has 1 aliphatic heterocycles. The second kappa shape index (κ2) is 6.92. The molecule has 0 spiro atoms. The third kappa shape index (κ3) is 3.07. The first-order chi connectivity index (χ1) is 13.5. The Kier molecular flexibility index (Phi) is 4.29. The Morgan fingerprint density at radius 3 is 2.68 bits per heavy atom. The van der Waals surface area contributed by atoms with Gasteiger partial charge in [-0.1, -0.05) is 30.3 Å². The number of benzene rings is 2. The summed E-state index contributed by atoms with van der Waals surface area (Å²) in [6.45, 7) is 1.81. The summed E-state index contributed by atoms with van der Waals surface area (Å²) >= 11 is 0. The van der Waals surface area contributed by atoms with Gasteiger partial charge >= 0.3 is 0 Å². The van der Waals surface area contributed by atoms with Crippen molar-refractivity contribution in [1.29, 1.82) is 0 Å². The van der Waals surface area contributed by atoms with E-state index in [1.807, 2.05) is 37.3 Å². The van der Waals surface area contributed by atoms with E-state index >= 15 is 0 Å². The number of nitrogens with one attached hydrogen (secondary N) is 1. The Morgan fingerprint density at radius 1 is 1.14 bits per heavy atom. The standard InChI is InChI=1S/C20H15N5O3/c1-13-18(20(26)24(23-13)16-7-3-2-4-8-16)11-15-12-21-22-19(15)14-6-5-9-17(10-14)25(27)28/h2-12,23H,1H3. The van der Waals surface area contributed by atoms with Gasteiger partial charge in [0, 0.05) is 29.0 Å². The summed E-state index contributed by atoms with van der Waals surface area (Å²) in [5.74, 6) is 0. The van der Waals surface area contributed by atoms with Gasteiger partial charge in [-0.2, -0.15) is 5.10 Å². The zero-order valence-corrected chi connectivity index (χ0v) is 14.9. The maximum atomic E-state index is 12.9. The normalized spacial score (nSPS) is 14.5. The molecule has 0 unspecified atom stereocenters. The van der Waals surface area contributed by atoms with Crippen molar-refractivity contribution in [3.8, 4) is 5.69 Å². The predicted molar refractivity (Wildman–Crippen MR) is 107 cm³/mol. The number of nitrogens with zero attached hydrogens (tertiary/aromatic N) is 4. The van der Waals surface area contributed by atoms with Crippen molar-refractivity contribution in [1.82, 2.24) is 9.78 Å². The Morgan fingerprint density at radius 2 is 1.93 bits per heavy atom. The van der Waals surface area contributed by atoms with Crippen molar-refractivity contribution in [2.45, 2.75) is 6.92 Å². The summed E-state index contributed by atoms with van der Waals surface area (Å²) in [5.41, 5.74) is 3.33. The Bertz CT molecular complexity index is 1220. The van der Waals surface area contributed by atoms with Gasteiger partial charge in [0.25, 0.3) is 11.2 Å². The fourth-order valence-electron chi connectivity index (χ4n) is 3.01. The highest BCUT2D eigenvalue weighted by Crippen LogP contribution is 2.20. The molecule has 0 atom stereocenters. The molecule has 0 saturated carbocycles. The zero-order chi connectivity index (χ0) is 19.7. The first kappa shape index (κ1) is 17.3. The molecule has 8 heteroatoms. The van der Waals surface area contributed by atoms with E-state index in [1.165, 1.54) is 23.0 Å². The molecular weight excluding hydrogens is 358 g/mol. The molecule has 2 heterocycles. The minimum Gasteiger partial charge on any atom is -0.295 e. The fourth-order valence-corrected chi connectivity index (χ4v) is 3.01. The zero-order valence-electron chi connectivity index (χ0n) is 14.9. The molecule has 0 saturated heterocycles. The van der Waals surface area contributed by atoms with Crippen molar-refractivity contribution in [3.63, 3.8) is 0 Å². The van der Waals surface area contributed by atoms with Gasteiger partial charge < -0.3 is 0 Å². The lowest BCUT2D eigenvalue weighted by molar-refractivity contribution is -0.384. The van der Waals surface area contributed by atoms with E-state index in [0.717, 1.165) is 5.69 Å². The molecule has 0 aliphatic carbocycles. The van der Waals surface area contributed by atoms with Crippen LogP contribution in [0.15, 0.2) is 75.2 Å². The molecule has 28 heavy (non-hydrogen) atoms.